The van der Waals surface area contributed by atoms with Gasteiger partial charge < -0.3 is 19.1 Å². The number of hydrogen-bond donors (Lipinski definition) is 1. The maximum absolute atomic E-state index is 12.8. The van der Waals surface area contributed by atoms with Crippen LogP contribution in [0.25, 0.3) is 0 Å². The number of hydrogen-bond acceptors (Lipinski definition) is 5. The molecule has 7 heteroatoms. The molecule has 4 rings (SSSR count). The summed E-state index contributed by atoms with van der Waals surface area (Å²) in [6.45, 7) is 1.12. The lowest BCUT2D eigenvalue weighted by molar-refractivity contribution is -0.123. The van der Waals surface area contributed by atoms with Crippen LogP contribution in [0.1, 0.15) is 33.5 Å². The molecule has 0 spiro atoms. The number of carbonyl (C=O) groups is 2. The van der Waals surface area contributed by atoms with E-state index in [-0.39, 0.29) is 24.1 Å². The monoisotopic (exact) mass is 365 g/mol. The second kappa shape index (κ2) is 7.49. The number of furan rings is 2. The molecule has 4 heterocycles. The molecule has 0 radical (unpaired) electrons. The summed E-state index contributed by atoms with van der Waals surface area (Å²) in [6.07, 6.45) is 5.35. The van der Waals surface area contributed by atoms with E-state index in [1.807, 2.05) is 24.3 Å². The van der Waals surface area contributed by atoms with Gasteiger partial charge in [0.25, 0.3) is 5.91 Å². The molecule has 2 amide bonds. The SMILES string of the molecule is O=C(NCCc1ccco1)C1CN(C(=O)c2ccco2)Cc2cccnc21. The molecule has 1 unspecified atom stereocenters. The molecule has 1 atom stereocenters. The second-order valence-corrected chi connectivity index (χ2v) is 6.38. The zero-order chi connectivity index (χ0) is 18.6. The lowest BCUT2D eigenvalue weighted by Crippen LogP contribution is -2.44. The molecule has 27 heavy (non-hydrogen) atoms. The fraction of sp³-hybridized carbons (Fsp3) is 0.250. The molecule has 0 saturated heterocycles. The fourth-order valence-electron chi connectivity index (χ4n) is 3.28. The number of fused-ring (bicyclic) bond motifs is 1. The number of nitrogens with zero attached hydrogens (tertiary/aromatic N) is 2. The Morgan fingerprint density at radius 3 is 2.78 bits per heavy atom. The van der Waals surface area contributed by atoms with Gasteiger partial charge >= 0.3 is 0 Å². The minimum Gasteiger partial charge on any atom is -0.469 e. The van der Waals surface area contributed by atoms with E-state index in [2.05, 4.69) is 10.3 Å². The molecule has 0 bridgehead atoms. The average molecular weight is 365 g/mol. The lowest BCUT2D eigenvalue weighted by atomic mass is 9.93. The van der Waals surface area contributed by atoms with Crippen molar-refractivity contribution in [3.05, 3.63) is 77.9 Å². The first-order chi connectivity index (χ1) is 13.2. The van der Waals surface area contributed by atoms with Gasteiger partial charge in [0.05, 0.1) is 24.1 Å². The van der Waals surface area contributed by atoms with Crippen LogP contribution in [0.15, 0.2) is 64.0 Å². The third kappa shape index (κ3) is 3.62. The summed E-state index contributed by atoms with van der Waals surface area (Å²) < 4.78 is 10.5. The van der Waals surface area contributed by atoms with Gasteiger partial charge in [0, 0.05) is 32.3 Å². The van der Waals surface area contributed by atoms with Gasteiger partial charge in [0.2, 0.25) is 5.91 Å². The first-order valence-corrected chi connectivity index (χ1v) is 8.79. The van der Waals surface area contributed by atoms with Gasteiger partial charge in [-0.05, 0) is 35.9 Å². The van der Waals surface area contributed by atoms with E-state index < -0.39 is 5.92 Å². The minimum absolute atomic E-state index is 0.154. The van der Waals surface area contributed by atoms with E-state index in [9.17, 15) is 9.59 Å². The van der Waals surface area contributed by atoms with E-state index >= 15 is 0 Å². The van der Waals surface area contributed by atoms with Crippen molar-refractivity contribution in [2.24, 2.45) is 0 Å². The van der Waals surface area contributed by atoms with Crippen LogP contribution >= 0.6 is 0 Å². The second-order valence-electron chi connectivity index (χ2n) is 6.38. The summed E-state index contributed by atoms with van der Waals surface area (Å²) in [5.74, 6) is 0.165. The van der Waals surface area contributed by atoms with Crippen molar-refractivity contribution >= 4 is 11.8 Å². The highest BCUT2D eigenvalue weighted by molar-refractivity contribution is 5.93. The number of amides is 2. The van der Waals surface area contributed by atoms with Gasteiger partial charge in [-0.25, -0.2) is 0 Å². The van der Waals surface area contributed by atoms with Crippen molar-refractivity contribution in [1.82, 2.24) is 15.2 Å². The first-order valence-electron chi connectivity index (χ1n) is 8.79. The fourth-order valence-corrected chi connectivity index (χ4v) is 3.28. The number of rotatable bonds is 5. The van der Waals surface area contributed by atoms with Crippen molar-refractivity contribution in [2.75, 3.05) is 13.1 Å². The largest absolute Gasteiger partial charge is 0.469 e. The summed E-state index contributed by atoms with van der Waals surface area (Å²) in [5, 5.41) is 2.93. The quantitative estimate of drug-likeness (QED) is 0.750. The molecule has 1 aliphatic heterocycles. The molecule has 138 valence electrons. The molecule has 3 aromatic heterocycles. The number of nitrogens with one attached hydrogen (secondary N) is 1. The van der Waals surface area contributed by atoms with Crippen molar-refractivity contribution in [1.29, 1.82) is 0 Å². The van der Waals surface area contributed by atoms with Crippen LogP contribution in [-0.4, -0.2) is 34.8 Å². The van der Waals surface area contributed by atoms with E-state index in [1.165, 1.54) is 6.26 Å². The van der Waals surface area contributed by atoms with Gasteiger partial charge in [-0.1, -0.05) is 6.07 Å². The molecule has 0 aliphatic carbocycles. The van der Waals surface area contributed by atoms with Crippen LogP contribution in [-0.2, 0) is 17.8 Å². The maximum Gasteiger partial charge on any atom is 0.289 e. The third-order valence-corrected chi connectivity index (χ3v) is 4.61. The molecule has 0 saturated carbocycles. The van der Waals surface area contributed by atoms with Crippen LogP contribution in [0.2, 0.25) is 0 Å². The highest BCUT2D eigenvalue weighted by Gasteiger charge is 2.34. The van der Waals surface area contributed by atoms with E-state index in [4.69, 9.17) is 8.83 Å². The van der Waals surface area contributed by atoms with Crippen LogP contribution < -0.4 is 5.32 Å². The average Bonchev–Trinajstić information content (AvgIpc) is 3.40. The first kappa shape index (κ1) is 17.1. The Labute approximate surface area is 156 Å². The molecule has 0 aromatic carbocycles. The summed E-state index contributed by atoms with van der Waals surface area (Å²) in [5.41, 5.74) is 1.59. The standard InChI is InChI=1S/C20H19N3O4/c24-19(22-9-7-15-5-2-10-26-15)16-13-23(20(25)17-6-3-11-27-17)12-14-4-1-8-21-18(14)16/h1-6,8,10-11,16H,7,9,12-13H2,(H,22,24). The molecule has 1 aliphatic rings. The molecule has 7 nitrogen and oxygen atoms in total. The molecule has 3 aromatic rings. The molecule has 1 N–H and O–H groups in total. The Balaban J connectivity index is 1.49. The zero-order valence-electron chi connectivity index (χ0n) is 14.6. The highest BCUT2D eigenvalue weighted by atomic mass is 16.3. The van der Waals surface area contributed by atoms with Crippen LogP contribution in [0.5, 0.6) is 0 Å². The van der Waals surface area contributed by atoms with Crippen LogP contribution in [0.4, 0.5) is 0 Å². The number of aromatic nitrogens is 1. The Morgan fingerprint density at radius 2 is 2.00 bits per heavy atom. The smallest absolute Gasteiger partial charge is 0.289 e. The Bertz CT molecular complexity index is 919. The zero-order valence-corrected chi connectivity index (χ0v) is 14.6. The summed E-state index contributed by atoms with van der Waals surface area (Å²) >= 11 is 0. The van der Waals surface area contributed by atoms with Crippen molar-refractivity contribution in [2.45, 2.75) is 18.9 Å². The maximum atomic E-state index is 12.8. The molecule has 0 fully saturated rings. The van der Waals surface area contributed by atoms with E-state index in [0.717, 1.165) is 17.0 Å². The number of pyridine rings is 1. The Morgan fingerprint density at radius 1 is 1.15 bits per heavy atom. The topological polar surface area (TPSA) is 88.6 Å². The molecular formula is C20H19N3O4. The summed E-state index contributed by atoms with van der Waals surface area (Å²) in [7, 11) is 0. The van der Waals surface area contributed by atoms with Gasteiger partial charge in [0.1, 0.15) is 5.76 Å². The Hall–Kier alpha value is -3.35. The normalized spacial score (nSPS) is 16.0. The van der Waals surface area contributed by atoms with Crippen molar-refractivity contribution < 1.29 is 18.4 Å². The van der Waals surface area contributed by atoms with Gasteiger partial charge in [-0.15, -0.1) is 0 Å². The predicted octanol–water partition coefficient (Wildman–Crippen LogP) is 2.37. The summed E-state index contributed by atoms with van der Waals surface area (Å²) in [4.78, 5) is 31.5. The van der Waals surface area contributed by atoms with Crippen molar-refractivity contribution in [3.63, 3.8) is 0 Å². The lowest BCUT2D eigenvalue weighted by Gasteiger charge is -2.32. The van der Waals surface area contributed by atoms with Gasteiger partial charge in [-0.3, -0.25) is 14.6 Å². The third-order valence-electron chi connectivity index (χ3n) is 4.61. The highest BCUT2D eigenvalue weighted by Crippen LogP contribution is 2.27. The summed E-state index contributed by atoms with van der Waals surface area (Å²) in [6, 6.07) is 10.7. The predicted molar refractivity (Wildman–Crippen MR) is 95.8 cm³/mol. The van der Waals surface area contributed by atoms with Crippen LogP contribution in [0.3, 0.4) is 0 Å². The van der Waals surface area contributed by atoms with Crippen LogP contribution in [0, 0.1) is 0 Å². The number of carbonyl (C=O) groups excluding carboxylic acids is 2. The molecular weight excluding hydrogens is 346 g/mol. The van der Waals surface area contributed by atoms with Gasteiger partial charge in [0.15, 0.2) is 5.76 Å². The Kier molecular flexibility index (Phi) is 4.74. The van der Waals surface area contributed by atoms with Crippen molar-refractivity contribution in [3.8, 4) is 0 Å². The van der Waals surface area contributed by atoms with E-state index in [0.29, 0.717) is 19.5 Å². The van der Waals surface area contributed by atoms with Gasteiger partial charge in [-0.2, -0.15) is 0 Å². The van der Waals surface area contributed by atoms with E-state index in [1.54, 1.807) is 29.5 Å². The minimum atomic E-state index is -0.523.